The third-order valence-electron chi connectivity index (χ3n) is 4.02. The number of nitrogens with zero attached hydrogens (tertiary/aromatic N) is 2. The fourth-order valence-corrected chi connectivity index (χ4v) is 3.17. The Morgan fingerprint density at radius 2 is 2.10 bits per heavy atom. The summed E-state index contributed by atoms with van der Waals surface area (Å²) >= 11 is 6.09. The van der Waals surface area contributed by atoms with Crippen LogP contribution >= 0.6 is 11.6 Å². The van der Waals surface area contributed by atoms with Gasteiger partial charge in [-0.2, -0.15) is 0 Å². The second-order valence-electron chi connectivity index (χ2n) is 5.18. The lowest BCUT2D eigenvalue weighted by Gasteiger charge is -2.10. The minimum absolute atomic E-state index is 0.294. The molecule has 1 unspecified atom stereocenters. The van der Waals surface area contributed by atoms with Crippen molar-refractivity contribution >= 4 is 28.3 Å². The highest BCUT2D eigenvalue weighted by atomic mass is 35.5. The average Bonchev–Trinajstić information content (AvgIpc) is 3.01. The zero-order valence-electron chi connectivity index (χ0n) is 11.1. The number of aromatic nitrogens is 2. The van der Waals surface area contributed by atoms with Gasteiger partial charge in [0.2, 0.25) is 0 Å². The quantitative estimate of drug-likeness (QED) is 0.736. The Bertz CT molecular complexity index is 807. The van der Waals surface area contributed by atoms with Crippen LogP contribution in [0.15, 0.2) is 42.5 Å². The van der Waals surface area contributed by atoms with Crippen LogP contribution in [0.4, 0.5) is 5.69 Å². The van der Waals surface area contributed by atoms with Crippen molar-refractivity contribution in [2.45, 2.75) is 5.92 Å². The van der Waals surface area contributed by atoms with E-state index < -0.39 is 0 Å². The molecule has 4 rings (SSSR count). The Morgan fingerprint density at radius 1 is 1.25 bits per heavy atom. The van der Waals surface area contributed by atoms with E-state index in [1.54, 1.807) is 0 Å². The smallest absolute Gasteiger partial charge is 0.119 e. The van der Waals surface area contributed by atoms with Crippen LogP contribution in [0, 0.1) is 0 Å². The van der Waals surface area contributed by atoms with Crippen LogP contribution in [-0.4, -0.2) is 16.1 Å². The van der Waals surface area contributed by atoms with Gasteiger partial charge in [0.1, 0.15) is 5.82 Å². The molecular formula is C16H14ClN3. The Labute approximate surface area is 122 Å². The van der Waals surface area contributed by atoms with E-state index >= 15 is 0 Å². The molecule has 0 spiro atoms. The predicted octanol–water partition coefficient (Wildman–Crippen LogP) is 3.78. The number of halogens is 1. The van der Waals surface area contributed by atoms with Gasteiger partial charge in [-0.05, 0) is 29.8 Å². The molecule has 0 fully saturated rings. The molecule has 3 aromatic rings. The molecule has 1 aliphatic heterocycles. The molecule has 0 saturated heterocycles. The van der Waals surface area contributed by atoms with E-state index in [1.165, 1.54) is 11.3 Å². The molecule has 1 N–H and O–H groups in total. The monoisotopic (exact) mass is 283 g/mol. The highest BCUT2D eigenvalue weighted by Gasteiger charge is 2.27. The van der Waals surface area contributed by atoms with Crippen molar-refractivity contribution in [2.24, 2.45) is 7.05 Å². The zero-order chi connectivity index (χ0) is 13.7. The third-order valence-corrected chi connectivity index (χ3v) is 4.26. The number of hydrogen-bond donors (Lipinski definition) is 1. The summed E-state index contributed by atoms with van der Waals surface area (Å²) in [7, 11) is 2.06. The lowest BCUT2D eigenvalue weighted by Crippen LogP contribution is -2.09. The van der Waals surface area contributed by atoms with Crippen LogP contribution < -0.4 is 5.32 Å². The molecule has 4 heteroatoms. The highest BCUT2D eigenvalue weighted by molar-refractivity contribution is 6.31. The number of fused-ring (bicyclic) bond motifs is 2. The Morgan fingerprint density at radius 3 is 3.00 bits per heavy atom. The van der Waals surface area contributed by atoms with Crippen LogP contribution in [-0.2, 0) is 7.05 Å². The summed E-state index contributed by atoms with van der Waals surface area (Å²) in [6.45, 7) is 0.893. The van der Waals surface area contributed by atoms with Crippen LogP contribution in [0.25, 0.3) is 11.0 Å². The number of para-hydroxylation sites is 1. The summed E-state index contributed by atoms with van der Waals surface area (Å²) in [4.78, 5) is 4.80. The van der Waals surface area contributed by atoms with E-state index in [0.717, 1.165) is 28.4 Å². The minimum atomic E-state index is 0.294. The standard InChI is InChI=1S/C16H14ClN3/c1-20-15-8-10(17)6-7-14(15)19-16(20)12-9-18-13-5-3-2-4-11(12)13/h2-8,12,18H,9H2,1H3. The van der Waals surface area contributed by atoms with Crippen molar-refractivity contribution in [1.29, 1.82) is 0 Å². The first-order valence-electron chi connectivity index (χ1n) is 6.69. The van der Waals surface area contributed by atoms with Gasteiger partial charge in [0.15, 0.2) is 0 Å². The van der Waals surface area contributed by atoms with Gasteiger partial charge in [-0.3, -0.25) is 0 Å². The molecule has 0 radical (unpaired) electrons. The largest absolute Gasteiger partial charge is 0.384 e. The second kappa shape index (κ2) is 4.25. The molecule has 1 aliphatic rings. The molecule has 1 aromatic heterocycles. The number of aryl methyl sites for hydroxylation is 1. The average molecular weight is 284 g/mol. The molecule has 3 nitrogen and oxygen atoms in total. The summed E-state index contributed by atoms with van der Waals surface area (Å²) < 4.78 is 2.15. The second-order valence-corrected chi connectivity index (χ2v) is 5.62. The molecule has 20 heavy (non-hydrogen) atoms. The number of benzene rings is 2. The van der Waals surface area contributed by atoms with Crippen molar-refractivity contribution in [2.75, 3.05) is 11.9 Å². The number of rotatable bonds is 1. The maximum absolute atomic E-state index is 6.09. The Kier molecular flexibility index (Phi) is 2.51. The van der Waals surface area contributed by atoms with Crippen molar-refractivity contribution in [3.63, 3.8) is 0 Å². The maximum atomic E-state index is 6.09. The molecule has 1 atom stereocenters. The molecule has 0 bridgehead atoms. The van der Waals surface area contributed by atoms with Gasteiger partial charge < -0.3 is 9.88 Å². The minimum Gasteiger partial charge on any atom is -0.384 e. The van der Waals surface area contributed by atoms with Crippen LogP contribution in [0.5, 0.6) is 0 Å². The maximum Gasteiger partial charge on any atom is 0.119 e. The first-order valence-corrected chi connectivity index (χ1v) is 7.06. The number of imidazole rings is 1. The van der Waals surface area contributed by atoms with E-state index in [4.69, 9.17) is 16.6 Å². The van der Waals surface area contributed by atoms with Crippen molar-refractivity contribution in [3.05, 3.63) is 58.9 Å². The summed E-state index contributed by atoms with van der Waals surface area (Å²) in [5.74, 6) is 1.38. The van der Waals surface area contributed by atoms with Gasteiger partial charge in [0.05, 0.1) is 17.0 Å². The molecule has 100 valence electrons. The number of nitrogens with one attached hydrogen (secondary N) is 1. The molecule has 0 aliphatic carbocycles. The Balaban J connectivity index is 1.90. The molecule has 0 saturated carbocycles. The lowest BCUT2D eigenvalue weighted by atomic mass is 10.0. The van der Waals surface area contributed by atoms with Crippen molar-refractivity contribution in [1.82, 2.24) is 9.55 Å². The lowest BCUT2D eigenvalue weighted by molar-refractivity contribution is 0.748. The zero-order valence-corrected chi connectivity index (χ0v) is 11.9. The third kappa shape index (κ3) is 1.63. The topological polar surface area (TPSA) is 29.9 Å². The number of anilines is 1. The highest BCUT2D eigenvalue weighted by Crippen LogP contribution is 2.36. The van der Waals surface area contributed by atoms with Crippen molar-refractivity contribution in [3.8, 4) is 0 Å². The SMILES string of the molecule is Cn1c(C2CNc3ccccc32)nc2ccc(Cl)cc21. The Hall–Kier alpha value is -2.00. The van der Waals surface area contributed by atoms with Crippen LogP contribution in [0.1, 0.15) is 17.3 Å². The van der Waals surface area contributed by atoms with Gasteiger partial charge in [-0.15, -0.1) is 0 Å². The molecule has 0 amide bonds. The predicted molar refractivity (Wildman–Crippen MR) is 82.5 cm³/mol. The fourth-order valence-electron chi connectivity index (χ4n) is 3.01. The number of hydrogen-bond acceptors (Lipinski definition) is 2. The van der Waals surface area contributed by atoms with E-state index in [9.17, 15) is 0 Å². The van der Waals surface area contributed by atoms with E-state index in [0.29, 0.717) is 5.92 Å². The first-order chi connectivity index (χ1) is 9.74. The van der Waals surface area contributed by atoms with E-state index in [-0.39, 0.29) is 0 Å². The van der Waals surface area contributed by atoms with Gasteiger partial charge in [0, 0.05) is 24.3 Å². The van der Waals surface area contributed by atoms with Crippen molar-refractivity contribution < 1.29 is 0 Å². The summed E-state index contributed by atoms with van der Waals surface area (Å²) in [5.41, 5.74) is 4.60. The first kappa shape index (κ1) is 11.8. The molecular weight excluding hydrogens is 270 g/mol. The van der Waals surface area contributed by atoms with E-state index in [1.807, 2.05) is 18.2 Å². The summed E-state index contributed by atoms with van der Waals surface area (Å²) in [5, 5.41) is 4.20. The summed E-state index contributed by atoms with van der Waals surface area (Å²) in [6.07, 6.45) is 0. The normalized spacial score (nSPS) is 17.2. The fraction of sp³-hybridized carbons (Fsp3) is 0.188. The van der Waals surface area contributed by atoms with Crippen LogP contribution in [0.2, 0.25) is 5.02 Å². The van der Waals surface area contributed by atoms with Gasteiger partial charge in [-0.1, -0.05) is 29.8 Å². The van der Waals surface area contributed by atoms with E-state index in [2.05, 4.69) is 41.2 Å². The summed E-state index contributed by atoms with van der Waals surface area (Å²) in [6, 6.07) is 14.3. The van der Waals surface area contributed by atoms with Gasteiger partial charge in [0.25, 0.3) is 0 Å². The van der Waals surface area contributed by atoms with Crippen LogP contribution in [0.3, 0.4) is 0 Å². The van der Waals surface area contributed by atoms with Gasteiger partial charge >= 0.3 is 0 Å². The molecule has 2 heterocycles. The molecule has 2 aromatic carbocycles. The van der Waals surface area contributed by atoms with Gasteiger partial charge in [-0.25, -0.2) is 4.98 Å².